The van der Waals surface area contributed by atoms with E-state index in [0.717, 1.165) is 26.0 Å². The van der Waals surface area contributed by atoms with Gasteiger partial charge < -0.3 is 15.8 Å². The molecule has 0 amide bonds. The van der Waals surface area contributed by atoms with Gasteiger partial charge in [-0.3, -0.25) is 0 Å². The molecule has 1 heterocycles. The van der Waals surface area contributed by atoms with Gasteiger partial charge in [-0.15, -0.1) is 0 Å². The van der Waals surface area contributed by atoms with Crippen LogP contribution in [0.3, 0.4) is 0 Å². The minimum Gasteiger partial charge on any atom is -0.385 e. The van der Waals surface area contributed by atoms with Crippen molar-refractivity contribution in [2.75, 3.05) is 31.3 Å². The average molecular weight is 275 g/mol. The number of aromatic nitrogens is 2. The summed E-state index contributed by atoms with van der Waals surface area (Å²) < 4.78 is 5.64. The minimum atomic E-state index is 0.455. The second kappa shape index (κ2) is 6.58. The second-order valence-corrected chi connectivity index (χ2v) is 3.88. The van der Waals surface area contributed by atoms with E-state index < -0.39 is 0 Å². The summed E-state index contributed by atoms with van der Waals surface area (Å²) in [6.45, 7) is 1.60. The number of rotatable bonds is 6. The Morgan fingerprint density at radius 2 is 2.27 bits per heavy atom. The highest BCUT2D eigenvalue weighted by Gasteiger charge is 1.99. The zero-order valence-corrected chi connectivity index (χ0v) is 10.2. The van der Waals surface area contributed by atoms with Gasteiger partial charge in [-0.05, 0) is 28.8 Å². The van der Waals surface area contributed by atoms with E-state index in [2.05, 4.69) is 31.2 Å². The van der Waals surface area contributed by atoms with Crippen molar-refractivity contribution >= 4 is 27.7 Å². The summed E-state index contributed by atoms with van der Waals surface area (Å²) in [6.07, 6.45) is 2.04. The van der Waals surface area contributed by atoms with Crippen LogP contribution in [0.15, 0.2) is 10.7 Å². The van der Waals surface area contributed by atoms with Crippen molar-refractivity contribution in [1.29, 1.82) is 0 Å². The molecule has 3 N–H and O–H groups in total. The molecule has 0 aliphatic heterocycles. The molecule has 0 bridgehead atoms. The number of methoxy groups -OCH3 is 1. The Morgan fingerprint density at radius 1 is 1.47 bits per heavy atom. The third-order valence-electron chi connectivity index (χ3n) is 1.77. The first kappa shape index (κ1) is 12.2. The molecule has 1 aromatic rings. The van der Waals surface area contributed by atoms with Gasteiger partial charge in [0.25, 0.3) is 0 Å². The minimum absolute atomic E-state index is 0.455. The summed E-state index contributed by atoms with van der Waals surface area (Å²) in [4.78, 5) is 8.18. The molecule has 0 saturated heterocycles. The van der Waals surface area contributed by atoms with Crippen molar-refractivity contribution in [3.8, 4) is 0 Å². The highest BCUT2D eigenvalue weighted by atomic mass is 79.9. The lowest BCUT2D eigenvalue weighted by Crippen LogP contribution is -2.07. The van der Waals surface area contributed by atoms with Crippen LogP contribution >= 0.6 is 15.9 Å². The second-order valence-electron chi connectivity index (χ2n) is 3.07. The lowest BCUT2D eigenvalue weighted by molar-refractivity contribution is 0.193. The maximum Gasteiger partial charge on any atom is 0.225 e. The number of nitrogen functional groups attached to an aromatic ring is 1. The molecule has 15 heavy (non-hydrogen) atoms. The highest BCUT2D eigenvalue weighted by molar-refractivity contribution is 9.10. The van der Waals surface area contributed by atoms with E-state index in [1.165, 1.54) is 0 Å². The van der Waals surface area contributed by atoms with E-state index in [9.17, 15) is 0 Å². The summed E-state index contributed by atoms with van der Waals surface area (Å²) >= 11 is 3.26. The standard InChI is InChI=1S/C9H15BrN4O/c1-15-5-3-2-4-12-9-13-7(10)6-8(11)14-9/h6H,2-5H2,1H3,(H3,11,12,13,14). The molecule has 0 radical (unpaired) electrons. The molecule has 0 unspecified atom stereocenters. The Balaban J connectivity index is 2.31. The lowest BCUT2D eigenvalue weighted by Gasteiger charge is -2.05. The van der Waals surface area contributed by atoms with Gasteiger partial charge in [0, 0.05) is 26.3 Å². The quantitative estimate of drug-likeness (QED) is 0.610. The van der Waals surface area contributed by atoms with Crippen LogP contribution in [0.2, 0.25) is 0 Å². The van der Waals surface area contributed by atoms with Crippen molar-refractivity contribution in [2.24, 2.45) is 0 Å². The summed E-state index contributed by atoms with van der Waals surface area (Å²) in [7, 11) is 1.70. The largest absolute Gasteiger partial charge is 0.385 e. The van der Waals surface area contributed by atoms with Gasteiger partial charge in [0.2, 0.25) is 5.95 Å². The van der Waals surface area contributed by atoms with Gasteiger partial charge in [0.05, 0.1) is 0 Å². The maximum atomic E-state index is 5.57. The summed E-state index contributed by atoms with van der Waals surface area (Å²) in [5.74, 6) is 1.01. The lowest BCUT2D eigenvalue weighted by atomic mass is 10.3. The molecule has 0 spiro atoms. The number of nitrogens with two attached hydrogens (primary N) is 1. The van der Waals surface area contributed by atoms with Crippen LogP contribution in [-0.4, -0.2) is 30.2 Å². The third kappa shape index (κ3) is 4.94. The predicted molar refractivity (Wildman–Crippen MR) is 63.7 cm³/mol. The zero-order chi connectivity index (χ0) is 11.1. The summed E-state index contributed by atoms with van der Waals surface area (Å²) in [6, 6.07) is 1.66. The van der Waals surface area contributed by atoms with Crippen molar-refractivity contribution in [3.05, 3.63) is 10.7 Å². The van der Waals surface area contributed by atoms with Crippen molar-refractivity contribution < 1.29 is 4.74 Å². The predicted octanol–water partition coefficient (Wildman–Crippen LogP) is 1.66. The number of ether oxygens (including phenoxy) is 1. The van der Waals surface area contributed by atoms with Crippen LogP contribution in [0.5, 0.6) is 0 Å². The molecule has 0 aliphatic carbocycles. The SMILES string of the molecule is COCCCCNc1nc(N)cc(Br)n1. The first-order valence-corrected chi connectivity index (χ1v) is 5.54. The maximum absolute atomic E-state index is 5.57. The number of hydrogen-bond acceptors (Lipinski definition) is 5. The molecule has 0 saturated carbocycles. The molecule has 0 atom stereocenters. The fraction of sp³-hybridized carbons (Fsp3) is 0.556. The van der Waals surface area contributed by atoms with E-state index in [-0.39, 0.29) is 0 Å². The Kier molecular flexibility index (Phi) is 5.34. The number of nitrogens with zero attached hydrogens (tertiary/aromatic N) is 2. The molecule has 84 valence electrons. The van der Waals surface area contributed by atoms with Gasteiger partial charge in [-0.2, -0.15) is 4.98 Å². The van der Waals surface area contributed by atoms with Crippen LogP contribution in [0, 0.1) is 0 Å². The fourth-order valence-corrected chi connectivity index (χ4v) is 1.49. The van der Waals surface area contributed by atoms with Crippen molar-refractivity contribution in [1.82, 2.24) is 9.97 Å². The van der Waals surface area contributed by atoms with Crippen molar-refractivity contribution in [3.63, 3.8) is 0 Å². The van der Waals surface area contributed by atoms with Crippen LogP contribution in [0.4, 0.5) is 11.8 Å². The topological polar surface area (TPSA) is 73.1 Å². The Bertz CT molecular complexity index is 288. The monoisotopic (exact) mass is 274 g/mol. The van der Waals surface area contributed by atoms with Crippen LogP contribution in [-0.2, 0) is 4.74 Å². The van der Waals surface area contributed by atoms with Gasteiger partial charge in [-0.25, -0.2) is 4.98 Å². The molecule has 0 aliphatic rings. The van der Waals surface area contributed by atoms with Gasteiger partial charge in [0.1, 0.15) is 10.4 Å². The van der Waals surface area contributed by atoms with Gasteiger partial charge >= 0.3 is 0 Å². The molecular formula is C9H15BrN4O. The number of nitrogens with one attached hydrogen (secondary N) is 1. The van der Waals surface area contributed by atoms with Gasteiger partial charge in [-0.1, -0.05) is 0 Å². The number of hydrogen-bond donors (Lipinski definition) is 2. The highest BCUT2D eigenvalue weighted by Crippen LogP contribution is 2.12. The van der Waals surface area contributed by atoms with Crippen LogP contribution in [0.1, 0.15) is 12.8 Å². The van der Waals surface area contributed by atoms with Gasteiger partial charge in [0.15, 0.2) is 0 Å². The summed E-state index contributed by atoms with van der Waals surface area (Å²) in [5, 5.41) is 3.10. The molecule has 1 aromatic heterocycles. The zero-order valence-electron chi connectivity index (χ0n) is 8.66. The van der Waals surface area contributed by atoms with E-state index in [4.69, 9.17) is 10.5 Å². The first-order chi connectivity index (χ1) is 7.22. The van der Waals surface area contributed by atoms with Crippen LogP contribution in [0.25, 0.3) is 0 Å². The summed E-state index contributed by atoms with van der Waals surface area (Å²) in [5.41, 5.74) is 5.57. The molecule has 0 aromatic carbocycles. The molecule has 5 nitrogen and oxygen atoms in total. The number of unbranched alkanes of at least 4 members (excludes halogenated alkanes) is 1. The van der Waals surface area contributed by atoms with E-state index >= 15 is 0 Å². The first-order valence-electron chi connectivity index (χ1n) is 4.75. The Hall–Kier alpha value is -0.880. The van der Waals surface area contributed by atoms with Crippen LogP contribution < -0.4 is 11.1 Å². The van der Waals surface area contributed by atoms with E-state index in [0.29, 0.717) is 16.4 Å². The molecule has 6 heteroatoms. The fourth-order valence-electron chi connectivity index (χ4n) is 1.09. The number of halogens is 1. The molecule has 0 fully saturated rings. The number of anilines is 2. The normalized spacial score (nSPS) is 10.3. The molecular weight excluding hydrogens is 260 g/mol. The van der Waals surface area contributed by atoms with E-state index in [1.54, 1.807) is 13.2 Å². The van der Waals surface area contributed by atoms with Crippen molar-refractivity contribution in [2.45, 2.75) is 12.8 Å². The smallest absolute Gasteiger partial charge is 0.225 e. The molecule has 1 rings (SSSR count). The third-order valence-corrected chi connectivity index (χ3v) is 2.18. The average Bonchev–Trinajstić information content (AvgIpc) is 2.16. The Morgan fingerprint density at radius 3 is 2.93 bits per heavy atom. The van der Waals surface area contributed by atoms with E-state index in [1.807, 2.05) is 0 Å². The Labute approximate surface area is 97.6 Å².